The Hall–Kier alpha value is -0.180. The summed E-state index contributed by atoms with van der Waals surface area (Å²) in [6.45, 7) is 6.98. The fourth-order valence-corrected chi connectivity index (χ4v) is 2.06. The van der Waals surface area contributed by atoms with Crippen molar-refractivity contribution in [3.63, 3.8) is 0 Å². The van der Waals surface area contributed by atoms with E-state index in [9.17, 15) is 8.78 Å². The first-order valence-corrected chi connectivity index (χ1v) is 5.40. The third kappa shape index (κ3) is 3.52. The zero-order chi connectivity index (χ0) is 10.8. The molecule has 0 bridgehead atoms. The first kappa shape index (κ1) is 11.9. The van der Waals surface area contributed by atoms with Gasteiger partial charge in [0.1, 0.15) is 0 Å². The standard InChI is InChI=1S/C11H21F2N/c1-10(2,3)8-11(12,13)9-5-4-6-14-7-9/h9,14H,4-8H2,1-3H3. The summed E-state index contributed by atoms with van der Waals surface area (Å²) < 4.78 is 27.5. The Bertz CT molecular complexity index is 178. The summed E-state index contributed by atoms with van der Waals surface area (Å²) in [5.74, 6) is -2.97. The molecular formula is C11H21F2N. The Kier molecular flexibility index (Phi) is 3.51. The van der Waals surface area contributed by atoms with E-state index in [0.29, 0.717) is 13.0 Å². The largest absolute Gasteiger partial charge is 0.316 e. The molecule has 1 nitrogen and oxygen atoms in total. The van der Waals surface area contributed by atoms with E-state index >= 15 is 0 Å². The van der Waals surface area contributed by atoms with Gasteiger partial charge in [-0.2, -0.15) is 0 Å². The van der Waals surface area contributed by atoms with Gasteiger partial charge in [-0.3, -0.25) is 0 Å². The van der Waals surface area contributed by atoms with Crippen molar-refractivity contribution in [3.05, 3.63) is 0 Å². The van der Waals surface area contributed by atoms with E-state index in [2.05, 4.69) is 5.32 Å². The van der Waals surface area contributed by atoms with Crippen molar-refractivity contribution in [3.8, 4) is 0 Å². The molecule has 0 aromatic carbocycles. The molecule has 0 radical (unpaired) electrons. The van der Waals surface area contributed by atoms with Crippen LogP contribution in [0.2, 0.25) is 0 Å². The maximum absolute atomic E-state index is 13.8. The van der Waals surface area contributed by atoms with Gasteiger partial charge in [0, 0.05) is 18.9 Å². The molecule has 0 aromatic rings. The van der Waals surface area contributed by atoms with Crippen molar-refractivity contribution in [1.29, 1.82) is 0 Å². The lowest BCUT2D eigenvalue weighted by atomic mass is 9.81. The number of rotatable bonds is 2. The summed E-state index contributed by atoms with van der Waals surface area (Å²) in [5, 5.41) is 3.05. The van der Waals surface area contributed by atoms with E-state index in [1.807, 2.05) is 20.8 Å². The molecule has 0 aliphatic carbocycles. The van der Waals surface area contributed by atoms with Gasteiger partial charge in [-0.05, 0) is 24.8 Å². The number of hydrogen-bond donors (Lipinski definition) is 1. The van der Waals surface area contributed by atoms with Crippen molar-refractivity contribution in [2.24, 2.45) is 11.3 Å². The number of piperidine rings is 1. The summed E-state index contributed by atoms with van der Waals surface area (Å²) >= 11 is 0. The lowest BCUT2D eigenvalue weighted by Crippen LogP contribution is -2.42. The fourth-order valence-electron chi connectivity index (χ4n) is 2.06. The Morgan fingerprint density at radius 2 is 1.93 bits per heavy atom. The third-order valence-corrected chi connectivity index (χ3v) is 2.66. The Balaban J connectivity index is 2.54. The lowest BCUT2D eigenvalue weighted by molar-refractivity contribution is -0.0930. The van der Waals surface area contributed by atoms with Crippen LogP contribution in [0, 0.1) is 11.3 Å². The summed E-state index contributed by atoms with van der Waals surface area (Å²) in [6.07, 6.45) is 1.53. The van der Waals surface area contributed by atoms with Gasteiger partial charge in [-0.25, -0.2) is 8.78 Å². The van der Waals surface area contributed by atoms with Crippen molar-refractivity contribution < 1.29 is 8.78 Å². The van der Waals surface area contributed by atoms with Crippen molar-refractivity contribution in [1.82, 2.24) is 5.32 Å². The van der Waals surface area contributed by atoms with Crippen LogP contribution in [0.25, 0.3) is 0 Å². The zero-order valence-corrected chi connectivity index (χ0v) is 9.37. The number of nitrogens with one attached hydrogen (secondary N) is 1. The van der Waals surface area contributed by atoms with Crippen molar-refractivity contribution >= 4 is 0 Å². The Morgan fingerprint density at radius 1 is 1.29 bits per heavy atom. The highest BCUT2D eigenvalue weighted by molar-refractivity contribution is 4.85. The highest BCUT2D eigenvalue weighted by atomic mass is 19.3. The van der Waals surface area contributed by atoms with Crippen LogP contribution in [0.1, 0.15) is 40.0 Å². The predicted molar refractivity (Wildman–Crippen MR) is 54.6 cm³/mol. The molecule has 1 heterocycles. The predicted octanol–water partition coefficient (Wildman–Crippen LogP) is 3.06. The molecule has 1 atom stereocenters. The molecule has 1 aliphatic rings. The minimum Gasteiger partial charge on any atom is -0.316 e. The zero-order valence-electron chi connectivity index (χ0n) is 9.37. The van der Waals surface area contributed by atoms with Gasteiger partial charge in [-0.1, -0.05) is 20.8 Å². The van der Waals surface area contributed by atoms with Gasteiger partial charge < -0.3 is 5.32 Å². The van der Waals surface area contributed by atoms with Gasteiger partial charge in [-0.15, -0.1) is 0 Å². The fraction of sp³-hybridized carbons (Fsp3) is 1.00. The first-order valence-electron chi connectivity index (χ1n) is 5.40. The van der Waals surface area contributed by atoms with Crippen LogP contribution in [0.15, 0.2) is 0 Å². The van der Waals surface area contributed by atoms with Gasteiger partial charge in [0.05, 0.1) is 0 Å². The molecule has 84 valence electrons. The molecule has 1 unspecified atom stereocenters. The summed E-state index contributed by atoms with van der Waals surface area (Å²) in [6, 6.07) is 0. The number of hydrogen-bond acceptors (Lipinski definition) is 1. The molecule has 0 spiro atoms. The van der Waals surface area contributed by atoms with Gasteiger partial charge in [0.2, 0.25) is 0 Å². The molecular weight excluding hydrogens is 184 g/mol. The second-order valence-corrected chi connectivity index (χ2v) is 5.54. The smallest absolute Gasteiger partial charge is 0.252 e. The SMILES string of the molecule is CC(C)(C)CC(F)(F)C1CCCNC1. The normalized spacial score (nSPS) is 25.1. The first-order chi connectivity index (χ1) is 6.31. The average Bonchev–Trinajstić information content (AvgIpc) is 2.01. The molecule has 1 aliphatic heterocycles. The third-order valence-electron chi connectivity index (χ3n) is 2.66. The van der Waals surface area contributed by atoms with E-state index in [0.717, 1.165) is 13.0 Å². The molecule has 1 fully saturated rings. The molecule has 0 amide bonds. The summed E-state index contributed by atoms with van der Waals surface area (Å²) in [5.41, 5.74) is -0.291. The number of alkyl halides is 2. The second kappa shape index (κ2) is 4.13. The minimum absolute atomic E-state index is 0.00759. The Morgan fingerprint density at radius 3 is 2.36 bits per heavy atom. The molecule has 1 rings (SSSR count). The van der Waals surface area contributed by atoms with Gasteiger partial charge in [0.15, 0.2) is 0 Å². The van der Waals surface area contributed by atoms with Crippen molar-refractivity contribution in [2.45, 2.75) is 46.0 Å². The molecule has 14 heavy (non-hydrogen) atoms. The highest BCUT2D eigenvalue weighted by Crippen LogP contribution is 2.39. The highest BCUT2D eigenvalue weighted by Gasteiger charge is 2.42. The maximum atomic E-state index is 13.8. The van der Waals surface area contributed by atoms with Crippen LogP contribution in [-0.2, 0) is 0 Å². The molecule has 0 aromatic heterocycles. The van der Waals surface area contributed by atoms with Crippen LogP contribution in [-0.4, -0.2) is 19.0 Å². The van der Waals surface area contributed by atoms with Gasteiger partial charge in [0.25, 0.3) is 5.92 Å². The second-order valence-electron chi connectivity index (χ2n) is 5.54. The van der Waals surface area contributed by atoms with Crippen LogP contribution in [0.4, 0.5) is 8.78 Å². The monoisotopic (exact) mass is 205 g/mol. The lowest BCUT2D eigenvalue weighted by Gasteiger charge is -2.34. The van der Waals surface area contributed by atoms with Gasteiger partial charge >= 0.3 is 0 Å². The minimum atomic E-state index is -2.51. The molecule has 0 saturated carbocycles. The van der Waals surface area contributed by atoms with E-state index in [-0.39, 0.29) is 11.8 Å². The van der Waals surface area contributed by atoms with E-state index in [1.165, 1.54) is 0 Å². The topological polar surface area (TPSA) is 12.0 Å². The van der Waals surface area contributed by atoms with Crippen LogP contribution in [0.3, 0.4) is 0 Å². The van der Waals surface area contributed by atoms with E-state index < -0.39 is 11.8 Å². The van der Waals surface area contributed by atoms with Crippen LogP contribution in [0.5, 0.6) is 0 Å². The van der Waals surface area contributed by atoms with Crippen molar-refractivity contribution in [2.75, 3.05) is 13.1 Å². The quantitative estimate of drug-likeness (QED) is 0.730. The Labute approximate surface area is 85.3 Å². The molecule has 3 heteroatoms. The number of halogens is 2. The maximum Gasteiger partial charge on any atom is 0.252 e. The van der Waals surface area contributed by atoms with E-state index in [1.54, 1.807) is 0 Å². The average molecular weight is 205 g/mol. The summed E-state index contributed by atoms with van der Waals surface area (Å²) in [4.78, 5) is 0. The van der Waals surface area contributed by atoms with Crippen LogP contribution < -0.4 is 5.32 Å². The summed E-state index contributed by atoms with van der Waals surface area (Å²) in [7, 11) is 0. The van der Waals surface area contributed by atoms with Crippen LogP contribution >= 0.6 is 0 Å². The van der Waals surface area contributed by atoms with E-state index in [4.69, 9.17) is 0 Å². The molecule has 1 N–H and O–H groups in total. The molecule has 1 saturated heterocycles.